The van der Waals surface area contributed by atoms with Crippen LogP contribution in [0.15, 0.2) is 40.2 Å². The first-order valence-electron chi connectivity index (χ1n) is 8.03. The fourth-order valence-corrected chi connectivity index (χ4v) is 4.06. The predicted octanol–water partition coefficient (Wildman–Crippen LogP) is 2.47. The summed E-state index contributed by atoms with van der Waals surface area (Å²) >= 11 is 1.88. The molecule has 0 aromatic heterocycles. The van der Waals surface area contributed by atoms with Gasteiger partial charge in [0.05, 0.1) is 6.61 Å². The van der Waals surface area contributed by atoms with E-state index >= 15 is 0 Å². The van der Waals surface area contributed by atoms with Crippen molar-refractivity contribution in [2.24, 2.45) is 10.4 Å². The number of nitrogens with zero attached hydrogens (tertiary/aromatic N) is 2. The lowest BCUT2D eigenvalue weighted by Crippen LogP contribution is -2.42. The molecule has 3 rings (SSSR count). The van der Waals surface area contributed by atoms with Crippen LogP contribution in [0.4, 0.5) is 0 Å². The van der Waals surface area contributed by atoms with E-state index in [1.165, 1.54) is 17.7 Å². The van der Waals surface area contributed by atoms with E-state index in [1.54, 1.807) is 0 Å². The Morgan fingerprint density at radius 2 is 2.23 bits per heavy atom. The fourth-order valence-electron chi connectivity index (χ4n) is 3.27. The van der Waals surface area contributed by atoms with Crippen LogP contribution in [0.1, 0.15) is 12.8 Å². The summed E-state index contributed by atoms with van der Waals surface area (Å²) in [6.07, 6.45) is 2.43. The second-order valence-corrected chi connectivity index (χ2v) is 7.28. The molecule has 1 spiro atoms. The summed E-state index contributed by atoms with van der Waals surface area (Å²) < 4.78 is 5.60. The van der Waals surface area contributed by atoms with Crippen LogP contribution < -0.4 is 5.32 Å². The molecular formula is C17H25N3OS. The van der Waals surface area contributed by atoms with Crippen molar-refractivity contribution in [1.29, 1.82) is 0 Å². The molecule has 0 bridgehead atoms. The molecule has 4 nitrogen and oxygen atoms in total. The topological polar surface area (TPSA) is 36.9 Å². The van der Waals surface area contributed by atoms with Gasteiger partial charge < -0.3 is 15.0 Å². The lowest BCUT2D eigenvalue weighted by atomic mass is 9.87. The van der Waals surface area contributed by atoms with Crippen LogP contribution in [0.25, 0.3) is 0 Å². The number of hydrogen-bond donors (Lipinski definition) is 1. The second kappa shape index (κ2) is 7.38. The van der Waals surface area contributed by atoms with E-state index in [9.17, 15) is 0 Å². The van der Waals surface area contributed by atoms with Crippen molar-refractivity contribution in [3.8, 4) is 0 Å². The lowest BCUT2D eigenvalue weighted by Gasteiger charge is -2.24. The highest BCUT2D eigenvalue weighted by Gasteiger charge is 2.42. The molecule has 1 aromatic carbocycles. The molecule has 1 unspecified atom stereocenters. The SMILES string of the molecule is CN=C(NCCSc1ccccc1)N1CCC2(CCOC2)C1. The molecule has 2 heterocycles. The maximum absolute atomic E-state index is 5.60. The summed E-state index contributed by atoms with van der Waals surface area (Å²) in [7, 11) is 1.88. The zero-order chi connectivity index (χ0) is 15.3. The number of benzene rings is 1. The van der Waals surface area contributed by atoms with Crippen LogP contribution >= 0.6 is 11.8 Å². The van der Waals surface area contributed by atoms with Crippen LogP contribution in [0.5, 0.6) is 0 Å². The second-order valence-electron chi connectivity index (χ2n) is 6.11. The monoisotopic (exact) mass is 319 g/mol. The van der Waals surface area contributed by atoms with Gasteiger partial charge in [-0.3, -0.25) is 4.99 Å². The summed E-state index contributed by atoms with van der Waals surface area (Å²) in [6, 6.07) is 10.5. The van der Waals surface area contributed by atoms with Gasteiger partial charge in [0, 0.05) is 49.4 Å². The van der Waals surface area contributed by atoms with Crippen LogP contribution in [-0.2, 0) is 4.74 Å². The molecule has 0 saturated carbocycles. The van der Waals surface area contributed by atoms with Crippen molar-refractivity contribution in [2.75, 3.05) is 45.6 Å². The molecule has 22 heavy (non-hydrogen) atoms. The molecule has 2 aliphatic rings. The van der Waals surface area contributed by atoms with E-state index in [0.717, 1.165) is 44.6 Å². The molecule has 1 atom stereocenters. The third-order valence-electron chi connectivity index (χ3n) is 4.53. The standard InChI is InChI=1S/C17H25N3OS/c1-18-16(19-9-12-22-15-5-3-2-4-6-15)20-10-7-17(13-20)8-11-21-14-17/h2-6H,7-14H2,1H3,(H,18,19). The summed E-state index contributed by atoms with van der Waals surface area (Å²) in [6.45, 7) is 4.96. The number of guanidine groups is 1. The molecule has 0 amide bonds. The Balaban J connectivity index is 1.43. The minimum absolute atomic E-state index is 0.385. The van der Waals surface area contributed by atoms with Gasteiger partial charge in [-0.25, -0.2) is 0 Å². The van der Waals surface area contributed by atoms with E-state index in [-0.39, 0.29) is 0 Å². The largest absolute Gasteiger partial charge is 0.381 e. The molecule has 1 aromatic rings. The molecule has 0 radical (unpaired) electrons. The third kappa shape index (κ3) is 3.76. The van der Waals surface area contributed by atoms with Gasteiger partial charge in [0.25, 0.3) is 0 Å². The van der Waals surface area contributed by atoms with Gasteiger partial charge >= 0.3 is 0 Å². The Morgan fingerprint density at radius 1 is 1.36 bits per heavy atom. The van der Waals surface area contributed by atoms with Crippen molar-refractivity contribution in [2.45, 2.75) is 17.7 Å². The molecule has 120 valence electrons. The molecule has 5 heteroatoms. The quantitative estimate of drug-likeness (QED) is 0.400. The predicted molar refractivity (Wildman–Crippen MR) is 92.6 cm³/mol. The Hall–Kier alpha value is -1.20. The average Bonchev–Trinajstić information content (AvgIpc) is 3.19. The van der Waals surface area contributed by atoms with Gasteiger partial charge in [0.1, 0.15) is 0 Å². The van der Waals surface area contributed by atoms with Crippen molar-refractivity contribution in [3.05, 3.63) is 30.3 Å². The zero-order valence-electron chi connectivity index (χ0n) is 13.3. The van der Waals surface area contributed by atoms with Crippen LogP contribution in [0.2, 0.25) is 0 Å². The molecule has 2 fully saturated rings. The van der Waals surface area contributed by atoms with E-state index in [2.05, 4.69) is 45.5 Å². The minimum Gasteiger partial charge on any atom is -0.381 e. The number of thioether (sulfide) groups is 1. The van der Waals surface area contributed by atoms with E-state index < -0.39 is 0 Å². The molecule has 0 aliphatic carbocycles. The Kier molecular flexibility index (Phi) is 5.26. The van der Waals surface area contributed by atoms with Crippen LogP contribution in [0.3, 0.4) is 0 Å². The summed E-state index contributed by atoms with van der Waals surface area (Å²) in [4.78, 5) is 8.16. The number of ether oxygens (including phenoxy) is 1. The molecule has 2 aliphatic heterocycles. The highest BCUT2D eigenvalue weighted by atomic mass is 32.2. The van der Waals surface area contributed by atoms with Crippen molar-refractivity contribution in [1.82, 2.24) is 10.2 Å². The average molecular weight is 319 g/mol. The normalized spacial score (nSPS) is 25.1. The number of hydrogen-bond acceptors (Lipinski definition) is 3. The lowest BCUT2D eigenvalue weighted by molar-refractivity contribution is 0.156. The maximum Gasteiger partial charge on any atom is 0.193 e. The zero-order valence-corrected chi connectivity index (χ0v) is 14.1. The first-order valence-corrected chi connectivity index (χ1v) is 9.01. The van der Waals surface area contributed by atoms with E-state index in [4.69, 9.17) is 4.74 Å². The van der Waals surface area contributed by atoms with Gasteiger partial charge in [-0.15, -0.1) is 11.8 Å². The number of aliphatic imine (C=N–C) groups is 1. The van der Waals surface area contributed by atoms with Gasteiger partial charge in [-0.05, 0) is 25.0 Å². The van der Waals surface area contributed by atoms with Crippen molar-refractivity contribution in [3.63, 3.8) is 0 Å². The summed E-state index contributed by atoms with van der Waals surface area (Å²) in [5.74, 6) is 2.09. The molecule has 2 saturated heterocycles. The first kappa shape index (κ1) is 15.7. The van der Waals surface area contributed by atoms with Crippen molar-refractivity contribution < 1.29 is 4.74 Å². The highest BCUT2D eigenvalue weighted by molar-refractivity contribution is 7.99. The van der Waals surface area contributed by atoms with Crippen LogP contribution in [0, 0.1) is 5.41 Å². The summed E-state index contributed by atoms with van der Waals surface area (Å²) in [5, 5.41) is 3.50. The van der Waals surface area contributed by atoms with Gasteiger partial charge in [0.15, 0.2) is 5.96 Å². The Bertz CT molecular complexity index is 500. The molecule has 1 N–H and O–H groups in total. The van der Waals surface area contributed by atoms with Gasteiger partial charge in [-0.1, -0.05) is 18.2 Å². The third-order valence-corrected chi connectivity index (χ3v) is 5.55. The highest BCUT2D eigenvalue weighted by Crippen LogP contribution is 2.38. The van der Waals surface area contributed by atoms with Gasteiger partial charge in [-0.2, -0.15) is 0 Å². The number of rotatable bonds is 4. The van der Waals surface area contributed by atoms with Crippen LogP contribution in [-0.4, -0.2) is 56.5 Å². The van der Waals surface area contributed by atoms with E-state index in [1.807, 2.05) is 18.8 Å². The molecular weight excluding hydrogens is 294 g/mol. The fraction of sp³-hybridized carbons (Fsp3) is 0.588. The van der Waals surface area contributed by atoms with E-state index in [0.29, 0.717) is 5.41 Å². The first-order chi connectivity index (χ1) is 10.8. The Labute approximate surface area is 137 Å². The van der Waals surface area contributed by atoms with Crippen molar-refractivity contribution >= 4 is 17.7 Å². The summed E-state index contributed by atoms with van der Waals surface area (Å²) in [5.41, 5.74) is 0.385. The Morgan fingerprint density at radius 3 is 2.95 bits per heavy atom. The number of nitrogens with one attached hydrogen (secondary N) is 1. The van der Waals surface area contributed by atoms with Gasteiger partial charge in [0.2, 0.25) is 0 Å². The minimum atomic E-state index is 0.385. The number of likely N-dealkylation sites (tertiary alicyclic amines) is 1. The maximum atomic E-state index is 5.60. The smallest absolute Gasteiger partial charge is 0.193 e.